The molecule has 0 amide bonds. The van der Waals surface area contributed by atoms with Gasteiger partial charge >= 0.3 is 0 Å². The molecule has 80 valence electrons. The molecule has 1 aromatic rings. The average Bonchev–Trinajstić information content (AvgIpc) is 2.56. The van der Waals surface area contributed by atoms with Crippen LogP contribution >= 0.6 is 11.3 Å². The Morgan fingerprint density at radius 2 is 2.36 bits per heavy atom. The van der Waals surface area contributed by atoms with Crippen molar-refractivity contribution in [2.45, 2.75) is 25.9 Å². The highest BCUT2D eigenvalue weighted by atomic mass is 32.1. The number of aliphatic hydroxyl groups is 1. The first-order chi connectivity index (χ1) is 6.58. The zero-order valence-electron chi connectivity index (χ0n) is 8.86. The van der Waals surface area contributed by atoms with E-state index in [2.05, 4.69) is 4.98 Å². The lowest BCUT2D eigenvalue weighted by Gasteiger charge is -2.30. The molecule has 1 heterocycles. The fourth-order valence-corrected chi connectivity index (χ4v) is 2.02. The van der Waals surface area contributed by atoms with E-state index in [4.69, 9.17) is 4.74 Å². The van der Waals surface area contributed by atoms with Crippen LogP contribution in [-0.2, 0) is 11.2 Å². The molecular weight excluding hydrogens is 198 g/mol. The van der Waals surface area contributed by atoms with Crippen molar-refractivity contribution in [1.82, 2.24) is 4.98 Å². The van der Waals surface area contributed by atoms with Gasteiger partial charge in [0.1, 0.15) is 0 Å². The Labute approximate surface area is 88.8 Å². The van der Waals surface area contributed by atoms with Gasteiger partial charge in [0.15, 0.2) is 0 Å². The van der Waals surface area contributed by atoms with Crippen molar-refractivity contribution in [2.75, 3.05) is 13.7 Å². The molecular formula is C10H17NO2S. The Kier molecular flexibility index (Phi) is 4.04. The lowest BCUT2D eigenvalue weighted by atomic mass is 9.87. The summed E-state index contributed by atoms with van der Waals surface area (Å²) in [5.41, 5.74) is 1.00. The van der Waals surface area contributed by atoms with Crippen LogP contribution in [0.25, 0.3) is 0 Å². The number of thiazole rings is 1. The molecule has 1 N–H and O–H groups in total. The van der Waals surface area contributed by atoms with Crippen LogP contribution in [0.15, 0.2) is 11.7 Å². The quantitative estimate of drug-likeness (QED) is 0.813. The number of aromatic nitrogens is 1. The molecule has 0 fully saturated rings. The maximum Gasteiger partial charge on any atom is 0.0951 e. The van der Waals surface area contributed by atoms with Gasteiger partial charge in [0.05, 0.1) is 17.7 Å². The first-order valence-electron chi connectivity index (χ1n) is 4.67. The third-order valence-electron chi connectivity index (χ3n) is 2.43. The maximum atomic E-state index is 10.3. The van der Waals surface area contributed by atoms with Crippen molar-refractivity contribution in [3.05, 3.63) is 16.6 Å². The summed E-state index contributed by atoms with van der Waals surface area (Å²) in [6, 6.07) is 0. The van der Waals surface area contributed by atoms with Gasteiger partial charge in [-0.3, -0.25) is 4.98 Å². The van der Waals surface area contributed by atoms with E-state index in [1.54, 1.807) is 30.2 Å². The van der Waals surface area contributed by atoms with E-state index in [0.29, 0.717) is 13.0 Å². The van der Waals surface area contributed by atoms with E-state index >= 15 is 0 Å². The minimum atomic E-state index is -0.777. The van der Waals surface area contributed by atoms with Crippen LogP contribution in [0.3, 0.4) is 0 Å². The Hall–Kier alpha value is -0.450. The zero-order chi connectivity index (χ0) is 10.6. The van der Waals surface area contributed by atoms with Gasteiger partial charge in [0, 0.05) is 24.6 Å². The predicted octanol–water partition coefficient (Wildman–Crippen LogP) is 1.72. The van der Waals surface area contributed by atoms with Crippen molar-refractivity contribution >= 4 is 11.3 Å². The SMILES string of the molecule is COCC(O)(Cc1cncs1)C(C)C. The number of nitrogens with zero attached hydrogens (tertiary/aromatic N) is 1. The van der Waals surface area contributed by atoms with Crippen LogP contribution in [0.2, 0.25) is 0 Å². The first-order valence-corrected chi connectivity index (χ1v) is 5.55. The summed E-state index contributed by atoms with van der Waals surface area (Å²) in [4.78, 5) is 5.09. The molecule has 0 aliphatic heterocycles. The van der Waals surface area contributed by atoms with Gasteiger partial charge in [0.25, 0.3) is 0 Å². The van der Waals surface area contributed by atoms with E-state index in [1.165, 1.54) is 0 Å². The highest BCUT2D eigenvalue weighted by Gasteiger charge is 2.31. The lowest BCUT2D eigenvalue weighted by molar-refractivity contribution is -0.0632. The number of ether oxygens (including phenoxy) is 1. The topological polar surface area (TPSA) is 42.4 Å². The molecule has 1 atom stereocenters. The van der Waals surface area contributed by atoms with Crippen molar-refractivity contribution in [1.29, 1.82) is 0 Å². The number of rotatable bonds is 5. The normalized spacial score (nSPS) is 15.8. The van der Waals surface area contributed by atoms with E-state index in [1.807, 2.05) is 13.8 Å². The number of methoxy groups -OCH3 is 1. The fourth-order valence-electron chi connectivity index (χ4n) is 1.30. The molecule has 0 aliphatic rings. The van der Waals surface area contributed by atoms with Gasteiger partial charge < -0.3 is 9.84 Å². The standard InChI is InChI=1S/C10H17NO2S/c1-8(2)10(12,6-13-3)4-9-5-11-7-14-9/h5,7-8,12H,4,6H2,1-3H3. The molecule has 0 saturated heterocycles. The van der Waals surface area contributed by atoms with E-state index in [-0.39, 0.29) is 5.92 Å². The van der Waals surface area contributed by atoms with Crippen LogP contribution in [0.4, 0.5) is 0 Å². The highest BCUT2D eigenvalue weighted by molar-refractivity contribution is 7.09. The van der Waals surface area contributed by atoms with Gasteiger partial charge in [0.2, 0.25) is 0 Å². The Bertz CT molecular complexity index is 261. The molecule has 0 aliphatic carbocycles. The van der Waals surface area contributed by atoms with Crippen LogP contribution in [0.5, 0.6) is 0 Å². The summed E-state index contributed by atoms with van der Waals surface area (Å²) in [5, 5.41) is 10.3. The van der Waals surface area contributed by atoms with Crippen LogP contribution in [0, 0.1) is 5.92 Å². The van der Waals surface area contributed by atoms with Crippen LogP contribution < -0.4 is 0 Å². The molecule has 14 heavy (non-hydrogen) atoms. The van der Waals surface area contributed by atoms with Crippen molar-refractivity contribution < 1.29 is 9.84 Å². The summed E-state index contributed by atoms with van der Waals surface area (Å²) < 4.78 is 5.05. The molecule has 0 bridgehead atoms. The number of hydrogen-bond acceptors (Lipinski definition) is 4. The molecule has 0 radical (unpaired) electrons. The lowest BCUT2D eigenvalue weighted by Crippen LogP contribution is -2.41. The molecule has 3 nitrogen and oxygen atoms in total. The fraction of sp³-hybridized carbons (Fsp3) is 0.700. The van der Waals surface area contributed by atoms with Gasteiger partial charge in [-0.2, -0.15) is 0 Å². The van der Waals surface area contributed by atoms with Gasteiger partial charge in [-0.05, 0) is 5.92 Å². The largest absolute Gasteiger partial charge is 0.387 e. The molecule has 0 aromatic carbocycles. The summed E-state index contributed by atoms with van der Waals surface area (Å²) in [7, 11) is 1.61. The second-order valence-electron chi connectivity index (χ2n) is 3.84. The summed E-state index contributed by atoms with van der Waals surface area (Å²) in [6.45, 7) is 4.36. The zero-order valence-corrected chi connectivity index (χ0v) is 9.67. The van der Waals surface area contributed by atoms with E-state index in [9.17, 15) is 5.11 Å². The van der Waals surface area contributed by atoms with Gasteiger partial charge in [-0.25, -0.2) is 0 Å². The monoisotopic (exact) mass is 215 g/mol. The van der Waals surface area contributed by atoms with Crippen molar-refractivity contribution in [3.8, 4) is 0 Å². The summed E-state index contributed by atoms with van der Waals surface area (Å²) in [5.74, 6) is 0.171. The summed E-state index contributed by atoms with van der Waals surface area (Å²) in [6.07, 6.45) is 2.41. The van der Waals surface area contributed by atoms with E-state index < -0.39 is 5.60 Å². The van der Waals surface area contributed by atoms with Crippen LogP contribution in [0.1, 0.15) is 18.7 Å². The molecule has 1 unspecified atom stereocenters. The molecule has 1 aromatic heterocycles. The third kappa shape index (κ3) is 2.77. The van der Waals surface area contributed by atoms with Crippen molar-refractivity contribution in [2.24, 2.45) is 5.92 Å². The Morgan fingerprint density at radius 3 is 2.79 bits per heavy atom. The molecule has 0 saturated carbocycles. The molecule has 4 heteroatoms. The van der Waals surface area contributed by atoms with Gasteiger partial charge in [-0.1, -0.05) is 13.8 Å². The van der Waals surface area contributed by atoms with E-state index in [0.717, 1.165) is 4.88 Å². The minimum absolute atomic E-state index is 0.171. The maximum absolute atomic E-state index is 10.3. The average molecular weight is 215 g/mol. The second-order valence-corrected chi connectivity index (χ2v) is 4.81. The van der Waals surface area contributed by atoms with Crippen molar-refractivity contribution in [3.63, 3.8) is 0 Å². The first kappa shape index (κ1) is 11.6. The number of hydrogen-bond donors (Lipinski definition) is 1. The minimum Gasteiger partial charge on any atom is -0.387 e. The second kappa shape index (κ2) is 4.87. The highest BCUT2D eigenvalue weighted by Crippen LogP contribution is 2.24. The Morgan fingerprint density at radius 1 is 1.64 bits per heavy atom. The molecule has 1 rings (SSSR count). The van der Waals surface area contributed by atoms with Gasteiger partial charge in [-0.15, -0.1) is 11.3 Å². The summed E-state index contributed by atoms with van der Waals surface area (Å²) >= 11 is 1.57. The molecule has 0 spiro atoms. The predicted molar refractivity (Wildman–Crippen MR) is 57.5 cm³/mol. The van der Waals surface area contributed by atoms with Crippen LogP contribution in [-0.4, -0.2) is 29.4 Å². The smallest absolute Gasteiger partial charge is 0.0951 e. The third-order valence-corrected chi connectivity index (χ3v) is 3.21. The Balaban J connectivity index is 2.69.